The van der Waals surface area contributed by atoms with Crippen LogP contribution in [0.4, 0.5) is 0 Å². The first-order valence-electron chi connectivity index (χ1n) is 8.38. The number of unbranched alkanes of at least 4 members (excludes halogenated alkanes) is 2. The first kappa shape index (κ1) is 19.8. The number of phenols is 1. The van der Waals surface area contributed by atoms with E-state index in [-0.39, 0.29) is 18.3 Å². The molecule has 0 aliphatic rings. The van der Waals surface area contributed by atoms with Crippen molar-refractivity contribution < 1.29 is 19.4 Å². The van der Waals surface area contributed by atoms with Crippen LogP contribution in [0.2, 0.25) is 0 Å². The molecule has 0 saturated heterocycles. The van der Waals surface area contributed by atoms with Crippen molar-refractivity contribution in [2.45, 2.75) is 39.5 Å². The summed E-state index contributed by atoms with van der Waals surface area (Å²) in [7, 11) is 1.50. The van der Waals surface area contributed by atoms with Crippen LogP contribution in [-0.4, -0.2) is 24.8 Å². The number of allylic oxidation sites excluding steroid dienone is 2. The maximum absolute atomic E-state index is 11.6. The molecule has 1 aromatic rings. The molecule has 1 rings (SSSR count). The minimum Gasteiger partial charge on any atom is -0.504 e. The van der Waals surface area contributed by atoms with Gasteiger partial charge in [0, 0.05) is 6.42 Å². The zero-order valence-corrected chi connectivity index (χ0v) is 14.8. The molecular formula is C20H28O4. The minimum atomic E-state index is -0.171. The predicted molar refractivity (Wildman–Crippen MR) is 97.1 cm³/mol. The molecule has 0 unspecified atom stereocenters. The van der Waals surface area contributed by atoms with E-state index in [9.17, 15) is 9.90 Å². The molecule has 0 aliphatic heterocycles. The Hall–Kier alpha value is -2.23. The number of carbonyl (C=O) groups excluding carboxylic acids is 1. The summed E-state index contributed by atoms with van der Waals surface area (Å²) in [6.45, 7) is 4.54. The Labute approximate surface area is 144 Å². The van der Waals surface area contributed by atoms with Crippen LogP contribution in [0.15, 0.2) is 36.4 Å². The van der Waals surface area contributed by atoms with Crippen LogP contribution in [0.1, 0.15) is 45.1 Å². The van der Waals surface area contributed by atoms with Gasteiger partial charge in [-0.1, -0.05) is 38.1 Å². The zero-order chi connectivity index (χ0) is 17.8. The first-order chi connectivity index (χ1) is 11.5. The maximum atomic E-state index is 11.6. The van der Waals surface area contributed by atoms with Gasteiger partial charge < -0.3 is 14.6 Å². The number of hydrogen-bond acceptors (Lipinski definition) is 4. The third-order valence-corrected chi connectivity index (χ3v) is 3.38. The van der Waals surface area contributed by atoms with Crippen LogP contribution in [0.5, 0.6) is 11.5 Å². The highest BCUT2D eigenvalue weighted by molar-refractivity contribution is 5.69. The highest BCUT2D eigenvalue weighted by Crippen LogP contribution is 2.26. The minimum absolute atomic E-state index is 0.101. The Morgan fingerprint density at radius 2 is 2.04 bits per heavy atom. The van der Waals surface area contributed by atoms with Gasteiger partial charge in [-0.15, -0.1) is 0 Å². The van der Waals surface area contributed by atoms with Crippen molar-refractivity contribution in [1.82, 2.24) is 0 Å². The number of rotatable bonds is 10. The van der Waals surface area contributed by atoms with Gasteiger partial charge in [0.2, 0.25) is 0 Å². The van der Waals surface area contributed by atoms with Crippen LogP contribution in [0.3, 0.4) is 0 Å². The van der Waals surface area contributed by atoms with Crippen molar-refractivity contribution >= 4 is 12.0 Å². The second-order valence-corrected chi connectivity index (χ2v) is 5.93. The SMILES string of the molecule is COc1cc(/C=C/COC(=O)CCCCC=CC(C)C)ccc1O. The van der Waals surface area contributed by atoms with Crippen LogP contribution in [-0.2, 0) is 9.53 Å². The van der Waals surface area contributed by atoms with E-state index in [1.165, 1.54) is 7.11 Å². The highest BCUT2D eigenvalue weighted by Gasteiger charge is 2.02. The lowest BCUT2D eigenvalue weighted by Gasteiger charge is -2.04. The monoisotopic (exact) mass is 332 g/mol. The Morgan fingerprint density at radius 1 is 1.25 bits per heavy atom. The molecule has 4 nitrogen and oxygen atoms in total. The average Bonchev–Trinajstić information content (AvgIpc) is 2.55. The lowest BCUT2D eigenvalue weighted by molar-refractivity contribution is -0.142. The molecule has 0 amide bonds. The first-order valence-corrected chi connectivity index (χ1v) is 8.38. The summed E-state index contributed by atoms with van der Waals surface area (Å²) in [4.78, 5) is 11.6. The van der Waals surface area contributed by atoms with Crippen LogP contribution in [0, 0.1) is 5.92 Å². The van der Waals surface area contributed by atoms with E-state index in [4.69, 9.17) is 9.47 Å². The van der Waals surface area contributed by atoms with E-state index in [2.05, 4.69) is 26.0 Å². The van der Waals surface area contributed by atoms with Crippen molar-refractivity contribution in [2.75, 3.05) is 13.7 Å². The largest absolute Gasteiger partial charge is 0.504 e. The quantitative estimate of drug-likeness (QED) is 0.382. The third kappa shape index (κ3) is 8.42. The van der Waals surface area contributed by atoms with Crippen molar-refractivity contribution in [2.24, 2.45) is 5.92 Å². The molecule has 24 heavy (non-hydrogen) atoms. The number of hydrogen-bond donors (Lipinski definition) is 1. The standard InChI is InChI=1S/C20H28O4/c1-16(2)9-6-4-5-7-11-20(22)24-14-8-10-17-12-13-18(21)19(15-17)23-3/h6,8-10,12-13,15-16,21H,4-5,7,11,14H2,1-3H3/b9-6?,10-8+. The fourth-order valence-corrected chi connectivity index (χ4v) is 2.10. The fraction of sp³-hybridized carbons (Fsp3) is 0.450. The second-order valence-electron chi connectivity index (χ2n) is 5.93. The van der Waals surface area contributed by atoms with Crippen LogP contribution >= 0.6 is 0 Å². The molecule has 0 atom stereocenters. The smallest absolute Gasteiger partial charge is 0.306 e. The van der Waals surface area contributed by atoms with Crippen molar-refractivity contribution in [3.8, 4) is 11.5 Å². The van der Waals surface area contributed by atoms with Gasteiger partial charge in [-0.05, 0) is 49.0 Å². The van der Waals surface area contributed by atoms with E-state index >= 15 is 0 Å². The summed E-state index contributed by atoms with van der Waals surface area (Å²) in [5, 5.41) is 9.52. The molecule has 0 aromatic heterocycles. The summed E-state index contributed by atoms with van der Waals surface area (Å²) in [5.41, 5.74) is 0.873. The normalized spacial score (nSPS) is 11.5. The number of benzene rings is 1. The van der Waals surface area contributed by atoms with Crippen molar-refractivity contribution in [3.63, 3.8) is 0 Å². The van der Waals surface area contributed by atoms with Gasteiger partial charge in [0.15, 0.2) is 11.5 Å². The number of phenolic OH excluding ortho intramolecular Hbond substituents is 1. The van der Waals surface area contributed by atoms with E-state index in [1.807, 2.05) is 6.08 Å². The molecular weight excluding hydrogens is 304 g/mol. The van der Waals surface area contributed by atoms with Gasteiger partial charge in [-0.3, -0.25) is 4.79 Å². The number of esters is 1. The van der Waals surface area contributed by atoms with E-state index in [1.54, 1.807) is 24.3 Å². The molecule has 0 fully saturated rings. The van der Waals surface area contributed by atoms with Crippen LogP contribution in [0.25, 0.3) is 6.08 Å². The lowest BCUT2D eigenvalue weighted by Crippen LogP contribution is -2.03. The Kier molecular flexibility index (Phi) is 9.35. The summed E-state index contributed by atoms with van der Waals surface area (Å²) < 4.78 is 10.2. The molecule has 0 heterocycles. The van der Waals surface area contributed by atoms with Gasteiger partial charge in [-0.2, -0.15) is 0 Å². The van der Waals surface area contributed by atoms with Gasteiger partial charge in [0.05, 0.1) is 7.11 Å². The molecule has 0 spiro atoms. The molecule has 132 valence electrons. The molecule has 1 N–H and O–H groups in total. The van der Waals surface area contributed by atoms with Gasteiger partial charge in [0.25, 0.3) is 0 Å². The Morgan fingerprint density at radius 3 is 2.75 bits per heavy atom. The van der Waals surface area contributed by atoms with Gasteiger partial charge in [0.1, 0.15) is 6.61 Å². The molecule has 0 bridgehead atoms. The Bertz CT molecular complexity index is 559. The molecule has 0 aliphatic carbocycles. The number of methoxy groups -OCH3 is 1. The van der Waals surface area contributed by atoms with Crippen LogP contribution < -0.4 is 4.74 Å². The van der Waals surface area contributed by atoms with E-state index in [0.29, 0.717) is 18.1 Å². The zero-order valence-electron chi connectivity index (χ0n) is 14.8. The summed E-state index contributed by atoms with van der Waals surface area (Å²) in [6, 6.07) is 5.05. The summed E-state index contributed by atoms with van der Waals surface area (Å²) in [6.07, 6.45) is 11.3. The molecule has 1 aromatic carbocycles. The van der Waals surface area contributed by atoms with Crippen molar-refractivity contribution in [3.05, 3.63) is 42.0 Å². The molecule has 0 radical (unpaired) electrons. The van der Waals surface area contributed by atoms with E-state index in [0.717, 1.165) is 24.8 Å². The highest BCUT2D eigenvalue weighted by atomic mass is 16.5. The molecule has 4 heteroatoms. The topological polar surface area (TPSA) is 55.8 Å². The predicted octanol–water partition coefficient (Wildman–Crippen LogP) is 4.73. The number of ether oxygens (including phenoxy) is 2. The summed E-state index contributed by atoms with van der Waals surface area (Å²) in [5.74, 6) is 0.927. The maximum Gasteiger partial charge on any atom is 0.306 e. The Balaban J connectivity index is 2.21. The summed E-state index contributed by atoms with van der Waals surface area (Å²) >= 11 is 0. The number of aromatic hydroxyl groups is 1. The van der Waals surface area contributed by atoms with E-state index < -0.39 is 0 Å². The third-order valence-electron chi connectivity index (χ3n) is 3.38. The number of carbonyl (C=O) groups is 1. The lowest BCUT2D eigenvalue weighted by atomic mass is 10.1. The second kappa shape index (κ2) is 11.3. The van der Waals surface area contributed by atoms with Gasteiger partial charge in [-0.25, -0.2) is 0 Å². The average molecular weight is 332 g/mol. The van der Waals surface area contributed by atoms with Crippen molar-refractivity contribution in [1.29, 1.82) is 0 Å². The fourth-order valence-electron chi connectivity index (χ4n) is 2.10. The van der Waals surface area contributed by atoms with Gasteiger partial charge >= 0.3 is 5.97 Å². The molecule has 0 saturated carbocycles.